The number of nitrogens with two attached hydrogens (primary N) is 1. The molecule has 2 fully saturated rings. The number of tetrazole rings is 1. The quantitative estimate of drug-likeness (QED) is 0.435. The van der Waals surface area contributed by atoms with Crippen LogP contribution < -0.4 is 11.1 Å². The molecule has 3 aliphatic rings. The Bertz CT molecular complexity index is 1350. The van der Waals surface area contributed by atoms with Crippen molar-refractivity contribution >= 4 is 34.3 Å². The molecule has 1 amide bonds. The first kappa shape index (κ1) is 23.3. The highest BCUT2D eigenvalue weighted by Gasteiger charge is 2.54. The molecule has 0 radical (unpaired) electrons. The van der Waals surface area contributed by atoms with Crippen molar-refractivity contribution in [1.29, 1.82) is 5.26 Å². The minimum atomic E-state index is -0.624. The number of amides is 1. The van der Waals surface area contributed by atoms with Crippen LogP contribution in [-0.2, 0) is 23.1 Å². The second-order valence-corrected chi connectivity index (χ2v) is 12.1. The van der Waals surface area contributed by atoms with Gasteiger partial charge in [-0.15, -0.1) is 32.9 Å². The Kier molecular flexibility index (Phi) is 5.70. The van der Waals surface area contributed by atoms with Crippen LogP contribution in [0.4, 0.5) is 0 Å². The zero-order chi connectivity index (χ0) is 25.0. The number of fused-ring (bicyclic) bond motifs is 3. The number of thiophene rings is 2. The Morgan fingerprint density at radius 3 is 3.00 bits per heavy atom. The van der Waals surface area contributed by atoms with Crippen LogP contribution in [0, 0.1) is 17.2 Å². The molecule has 3 aromatic rings. The molecule has 5 atom stereocenters. The predicted octanol–water partition coefficient (Wildman–Crippen LogP) is 2.57. The summed E-state index contributed by atoms with van der Waals surface area (Å²) >= 11 is 3.36. The fraction of sp³-hybridized carbons (Fsp3) is 0.480. The van der Waals surface area contributed by atoms with E-state index in [0.717, 1.165) is 35.4 Å². The van der Waals surface area contributed by atoms with Crippen molar-refractivity contribution in [2.75, 3.05) is 6.54 Å². The summed E-state index contributed by atoms with van der Waals surface area (Å²) < 4.78 is 0. The molecular formula is C25H28N8OS2. The van der Waals surface area contributed by atoms with Crippen LogP contribution in [0.25, 0.3) is 5.70 Å². The molecule has 3 aromatic heterocycles. The van der Waals surface area contributed by atoms with Crippen molar-refractivity contribution < 1.29 is 4.79 Å². The van der Waals surface area contributed by atoms with Crippen molar-refractivity contribution in [3.05, 3.63) is 55.7 Å². The fourth-order valence-electron chi connectivity index (χ4n) is 6.05. The van der Waals surface area contributed by atoms with Gasteiger partial charge in [0.25, 0.3) is 0 Å². The van der Waals surface area contributed by atoms with Crippen molar-refractivity contribution in [2.24, 2.45) is 11.7 Å². The van der Waals surface area contributed by atoms with E-state index in [0.29, 0.717) is 23.9 Å². The van der Waals surface area contributed by atoms with Crippen LogP contribution in [0.15, 0.2) is 24.1 Å². The van der Waals surface area contributed by atoms with Gasteiger partial charge in [0.2, 0.25) is 5.91 Å². The number of carbonyl (C=O) groups is 1. The lowest BCUT2D eigenvalue weighted by Gasteiger charge is -2.33. The van der Waals surface area contributed by atoms with Gasteiger partial charge < -0.3 is 16.0 Å². The molecule has 11 heteroatoms. The lowest BCUT2D eigenvalue weighted by atomic mass is 9.76. The maximum Gasteiger partial charge on any atom is 0.237 e. The normalized spacial score (nSPS) is 26.9. The lowest BCUT2D eigenvalue weighted by molar-refractivity contribution is -0.131. The number of aromatic nitrogens is 4. The van der Waals surface area contributed by atoms with Gasteiger partial charge in [0.05, 0.1) is 12.6 Å². The van der Waals surface area contributed by atoms with Crippen LogP contribution in [0.2, 0.25) is 0 Å². The van der Waals surface area contributed by atoms with Crippen molar-refractivity contribution in [1.82, 2.24) is 30.8 Å². The SMILES string of the molecule is C=C(N)c1cc2c(s1)C(CC(C)NCC(=O)N1C(C#N)CC3CC31)(c1nn[nH]n1)c1sccc1CC2. The molecule has 4 N–H and O–H groups in total. The number of piperidine rings is 1. The molecule has 36 heavy (non-hydrogen) atoms. The molecule has 4 heterocycles. The Balaban J connectivity index is 1.33. The third kappa shape index (κ3) is 3.67. The summed E-state index contributed by atoms with van der Waals surface area (Å²) in [6.07, 6.45) is 4.30. The summed E-state index contributed by atoms with van der Waals surface area (Å²) in [6.45, 7) is 6.26. The zero-order valence-electron chi connectivity index (χ0n) is 20.0. The smallest absolute Gasteiger partial charge is 0.237 e. The van der Waals surface area contributed by atoms with Gasteiger partial charge in [-0.2, -0.15) is 10.5 Å². The summed E-state index contributed by atoms with van der Waals surface area (Å²) in [4.78, 5) is 18.2. The average molecular weight is 521 g/mol. The van der Waals surface area contributed by atoms with Gasteiger partial charge in [-0.3, -0.25) is 4.79 Å². The number of H-pyrrole nitrogens is 1. The monoisotopic (exact) mass is 520 g/mol. The number of likely N-dealkylation sites (tertiary alicyclic amines) is 1. The van der Waals surface area contributed by atoms with Crippen LogP contribution >= 0.6 is 22.7 Å². The van der Waals surface area contributed by atoms with Gasteiger partial charge in [-0.05, 0) is 73.6 Å². The van der Waals surface area contributed by atoms with E-state index in [1.807, 2.05) is 0 Å². The summed E-state index contributed by atoms with van der Waals surface area (Å²) in [6, 6.07) is 6.56. The molecule has 1 saturated heterocycles. The number of aromatic amines is 1. The number of nitriles is 1. The first-order valence-corrected chi connectivity index (χ1v) is 13.9. The summed E-state index contributed by atoms with van der Waals surface area (Å²) in [7, 11) is 0. The number of carbonyl (C=O) groups excluding carboxylic acids is 1. The Morgan fingerprint density at radius 1 is 1.42 bits per heavy atom. The Morgan fingerprint density at radius 2 is 2.25 bits per heavy atom. The van der Waals surface area contributed by atoms with Gasteiger partial charge in [0.15, 0.2) is 5.82 Å². The molecule has 1 saturated carbocycles. The number of hydrogen-bond donors (Lipinski definition) is 3. The van der Waals surface area contributed by atoms with E-state index >= 15 is 0 Å². The maximum absolute atomic E-state index is 13.1. The van der Waals surface area contributed by atoms with Gasteiger partial charge in [-0.25, -0.2) is 0 Å². The second kappa shape index (κ2) is 8.80. The summed E-state index contributed by atoms with van der Waals surface area (Å²) in [5, 5.41) is 30.7. The zero-order valence-corrected chi connectivity index (χ0v) is 21.7. The molecule has 0 aromatic carbocycles. The first-order valence-electron chi connectivity index (χ1n) is 12.2. The standard InChI is InChI=1S/C25H28N8OS2/c1-13(28-12-21(34)33-18(11-26)7-17-8-19(17)33)10-25(24-29-31-32-30-24)22-15(5-6-35-22)3-4-16-9-20(14(2)27)36-23(16)25/h5-6,9,13,17-19,28H,2-4,7-8,10,12,27H2,1H3,(H,29,30,31,32). The third-order valence-corrected chi connectivity index (χ3v) is 10.3. The van der Waals surface area contributed by atoms with Gasteiger partial charge in [0.1, 0.15) is 11.5 Å². The number of nitrogens with zero attached hydrogens (tertiary/aromatic N) is 5. The van der Waals surface area contributed by atoms with E-state index in [4.69, 9.17) is 5.73 Å². The van der Waals surface area contributed by atoms with Crippen molar-refractivity contribution in [3.8, 4) is 6.07 Å². The van der Waals surface area contributed by atoms with E-state index < -0.39 is 5.41 Å². The molecule has 186 valence electrons. The largest absolute Gasteiger partial charge is 0.398 e. The lowest BCUT2D eigenvalue weighted by Crippen LogP contribution is -2.46. The molecule has 1 aliphatic heterocycles. The van der Waals surface area contributed by atoms with Crippen LogP contribution in [0.5, 0.6) is 0 Å². The minimum Gasteiger partial charge on any atom is -0.398 e. The molecule has 0 bridgehead atoms. The molecule has 0 spiro atoms. The predicted molar refractivity (Wildman–Crippen MR) is 138 cm³/mol. The average Bonchev–Trinajstić information content (AvgIpc) is 3.39. The Labute approximate surface area is 217 Å². The maximum atomic E-state index is 13.1. The summed E-state index contributed by atoms with van der Waals surface area (Å²) in [5.41, 5.74) is 8.56. The minimum absolute atomic E-state index is 0.00298. The summed E-state index contributed by atoms with van der Waals surface area (Å²) in [5.74, 6) is 1.13. The molecule has 5 unspecified atom stereocenters. The highest BCUT2D eigenvalue weighted by atomic mass is 32.1. The molecule has 6 rings (SSSR count). The number of aryl methyl sites for hydroxylation is 2. The number of nitrogens with one attached hydrogen (secondary N) is 2. The van der Waals surface area contributed by atoms with E-state index in [-0.39, 0.29) is 30.6 Å². The van der Waals surface area contributed by atoms with Crippen LogP contribution in [0.1, 0.15) is 57.8 Å². The van der Waals surface area contributed by atoms with Crippen molar-refractivity contribution in [2.45, 2.75) is 62.6 Å². The van der Waals surface area contributed by atoms with Gasteiger partial charge in [0, 0.05) is 32.4 Å². The van der Waals surface area contributed by atoms with E-state index in [2.05, 4.69) is 63.0 Å². The van der Waals surface area contributed by atoms with Crippen LogP contribution in [0.3, 0.4) is 0 Å². The fourth-order valence-corrected chi connectivity index (χ4v) is 8.58. The van der Waals surface area contributed by atoms with E-state index in [1.165, 1.54) is 16.0 Å². The Hall–Kier alpha value is -3.07. The van der Waals surface area contributed by atoms with Gasteiger partial charge >= 0.3 is 0 Å². The van der Waals surface area contributed by atoms with Crippen LogP contribution in [-0.4, -0.2) is 56.1 Å². The van der Waals surface area contributed by atoms with Crippen molar-refractivity contribution in [3.63, 3.8) is 0 Å². The number of hydrogen-bond acceptors (Lipinski definition) is 9. The highest BCUT2D eigenvalue weighted by molar-refractivity contribution is 7.14. The van der Waals surface area contributed by atoms with Gasteiger partial charge in [-0.1, -0.05) is 11.8 Å². The van der Waals surface area contributed by atoms with E-state index in [1.54, 1.807) is 27.6 Å². The molecule has 9 nitrogen and oxygen atoms in total. The molecular weight excluding hydrogens is 492 g/mol. The number of rotatable bonds is 7. The second-order valence-electron chi connectivity index (χ2n) is 10.1. The highest BCUT2D eigenvalue weighted by Crippen LogP contribution is 2.52. The van der Waals surface area contributed by atoms with E-state index in [9.17, 15) is 10.1 Å². The first-order chi connectivity index (χ1) is 17.4. The topological polar surface area (TPSA) is 137 Å². The third-order valence-electron chi connectivity index (χ3n) is 7.79. The molecule has 2 aliphatic carbocycles.